The van der Waals surface area contributed by atoms with Crippen molar-refractivity contribution < 1.29 is 14.3 Å². The van der Waals surface area contributed by atoms with Gasteiger partial charge in [-0.3, -0.25) is 4.79 Å². The van der Waals surface area contributed by atoms with Crippen LogP contribution >= 0.6 is 0 Å². The average molecular weight is 245 g/mol. The van der Waals surface area contributed by atoms with Crippen molar-refractivity contribution in [2.75, 3.05) is 0 Å². The van der Waals surface area contributed by atoms with E-state index in [-0.39, 0.29) is 6.42 Å². The smallest absolute Gasteiger partial charge is 0.303 e. The largest absolute Gasteiger partial charge is 0.481 e. The van der Waals surface area contributed by atoms with Gasteiger partial charge in [-0.25, -0.2) is 4.98 Å². The number of aryl methyl sites for hydroxylation is 3. The molecule has 0 unspecified atom stereocenters. The molecular weight excluding hydrogens is 230 g/mol. The number of nitrogens with zero attached hydrogens (tertiary/aromatic N) is 1. The zero-order valence-electron chi connectivity index (χ0n) is 10.4. The molecule has 1 N–H and O–H groups in total. The van der Waals surface area contributed by atoms with E-state index in [0.29, 0.717) is 18.1 Å². The van der Waals surface area contributed by atoms with E-state index in [1.165, 1.54) is 0 Å². The highest BCUT2D eigenvalue weighted by atomic mass is 16.4. The molecular formula is C14H15NO3. The monoisotopic (exact) mass is 245 g/mol. The Kier molecular flexibility index (Phi) is 3.46. The molecule has 0 saturated heterocycles. The summed E-state index contributed by atoms with van der Waals surface area (Å²) in [7, 11) is 0. The molecule has 0 amide bonds. The minimum Gasteiger partial charge on any atom is -0.481 e. The zero-order chi connectivity index (χ0) is 13.1. The Bertz CT molecular complexity index is 572. The topological polar surface area (TPSA) is 63.3 Å². The molecule has 0 radical (unpaired) electrons. The Labute approximate surface area is 105 Å². The summed E-state index contributed by atoms with van der Waals surface area (Å²) >= 11 is 0. The van der Waals surface area contributed by atoms with E-state index in [9.17, 15) is 4.79 Å². The van der Waals surface area contributed by atoms with Crippen molar-refractivity contribution in [3.8, 4) is 11.3 Å². The number of aliphatic carboxylic acids is 1. The van der Waals surface area contributed by atoms with Crippen molar-refractivity contribution >= 4 is 5.97 Å². The Morgan fingerprint density at radius 2 is 2.17 bits per heavy atom. The summed E-state index contributed by atoms with van der Waals surface area (Å²) in [6.45, 7) is 4.03. The van der Waals surface area contributed by atoms with E-state index >= 15 is 0 Å². The zero-order valence-corrected chi connectivity index (χ0v) is 10.4. The maximum atomic E-state index is 10.5. The summed E-state index contributed by atoms with van der Waals surface area (Å²) in [5.41, 5.74) is 3.27. The summed E-state index contributed by atoms with van der Waals surface area (Å²) in [4.78, 5) is 14.6. The number of hydrogen-bond donors (Lipinski definition) is 1. The molecule has 0 aliphatic heterocycles. The van der Waals surface area contributed by atoms with Crippen molar-refractivity contribution in [2.45, 2.75) is 26.7 Å². The first-order chi connectivity index (χ1) is 8.56. The fourth-order valence-corrected chi connectivity index (χ4v) is 1.77. The van der Waals surface area contributed by atoms with Crippen molar-refractivity contribution in [1.29, 1.82) is 0 Å². The van der Waals surface area contributed by atoms with Gasteiger partial charge in [0, 0.05) is 12.0 Å². The fraction of sp³-hybridized carbons (Fsp3) is 0.286. The number of carbonyl (C=O) groups is 1. The molecule has 0 fully saturated rings. The number of benzene rings is 1. The molecule has 2 rings (SSSR count). The Morgan fingerprint density at radius 3 is 2.89 bits per heavy atom. The summed E-state index contributed by atoms with van der Waals surface area (Å²) in [6, 6.07) is 6.11. The third-order valence-electron chi connectivity index (χ3n) is 2.76. The fourth-order valence-electron chi connectivity index (χ4n) is 1.77. The van der Waals surface area contributed by atoms with Gasteiger partial charge >= 0.3 is 5.97 Å². The number of rotatable bonds is 4. The van der Waals surface area contributed by atoms with Crippen LogP contribution in [-0.2, 0) is 11.2 Å². The molecule has 0 aliphatic rings. The van der Waals surface area contributed by atoms with E-state index in [1.54, 1.807) is 6.20 Å². The predicted molar refractivity (Wildman–Crippen MR) is 67.4 cm³/mol. The molecule has 1 aromatic heterocycles. The summed E-state index contributed by atoms with van der Waals surface area (Å²) in [5.74, 6) is 0.311. The second-order valence-electron chi connectivity index (χ2n) is 4.33. The third kappa shape index (κ3) is 2.77. The van der Waals surface area contributed by atoms with Gasteiger partial charge in [0.25, 0.3) is 0 Å². The summed E-state index contributed by atoms with van der Waals surface area (Å²) in [5, 5.41) is 8.61. The molecule has 2 aromatic rings. The minimum absolute atomic E-state index is 0.0345. The van der Waals surface area contributed by atoms with Gasteiger partial charge in [0.15, 0.2) is 11.7 Å². The predicted octanol–water partition coefficient (Wildman–Crippen LogP) is 2.98. The quantitative estimate of drug-likeness (QED) is 0.899. The normalized spacial score (nSPS) is 10.6. The first-order valence-electron chi connectivity index (χ1n) is 5.80. The molecule has 4 nitrogen and oxygen atoms in total. The Balaban J connectivity index is 2.23. The summed E-state index contributed by atoms with van der Waals surface area (Å²) in [6.07, 6.45) is 2.01. The van der Waals surface area contributed by atoms with Crippen LogP contribution in [-0.4, -0.2) is 16.1 Å². The molecule has 0 spiro atoms. The number of hydrogen-bond acceptors (Lipinski definition) is 3. The highest BCUT2D eigenvalue weighted by molar-refractivity contribution is 5.67. The Morgan fingerprint density at radius 1 is 1.39 bits per heavy atom. The van der Waals surface area contributed by atoms with Crippen molar-refractivity contribution in [1.82, 2.24) is 4.98 Å². The lowest BCUT2D eigenvalue weighted by atomic mass is 10.0. The van der Waals surface area contributed by atoms with E-state index in [0.717, 1.165) is 16.7 Å². The second-order valence-corrected chi connectivity index (χ2v) is 4.33. The molecule has 0 saturated carbocycles. The number of oxazole rings is 1. The standard InChI is InChI=1S/C14H15NO3/c1-9-3-4-10(2)11(7-9)12-8-15-13(18-12)5-6-14(16)17/h3-4,7-8H,5-6H2,1-2H3,(H,16,17). The number of carboxylic acids is 1. The highest BCUT2D eigenvalue weighted by Crippen LogP contribution is 2.25. The van der Waals surface area contributed by atoms with Gasteiger partial charge in [-0.15, -0.1) is 0 Å². The first-order valence-corrected chi connectivity index (χ1v) is 5.80. The second kappa shape index (κ2) is 5.04. The van der Waals surface area contributed by atoms with Gasteiger partial charge in [0.2, 0.25) is 0 Å². The molecule has 1 heterocycles. The van der Waals surface area contributed by atoms with Crippen LogP contribution in [0.4, 0.5) is 0 Å². The highest BCUT2D eigenvalue weighted by Gasteiger charge is 2.10. The van der Waals surface area contributed by atoms with Gasteiger partial charge in [-0.1, -0.05) is 17.7 Å². The van der Waals surface area contributed by atoms with Crippen LogP contribution in [0.15, 0.2) is 28.8 Å². The van der Waals surface area contributed by atoms with Crippen LogP contribution in [0.5, 0.6) is 0 Å². The maximum absolute atomic E-state index is 10.5. The molecule has 4 heteroatoms. The van der Waals surface area contributed by atoms with E-state index in [2.05, 4.69) is 4.98 Å². The molecule has 94 valence electrons. The van der Waals surface area contributed by atoms with Gasteiger partial charge < -0.3 is 9.52 Å². The molecule has 1 aromatic carbocycles. The number of carboxylic acid groups (broad SMARTS) is 1. The lowest BCUT2D eigenvalue weighted by Crippen LogP contribution is -1.97. The molecule has 0 atom stereocenters. The molecule has 0 aliphatic carbocycles. The third-order valence-corrected chi connectivity index (χ3v) is 2.76. The maximum Gasteiger partial charge on any atom is 0.303 e. The van der Waals surface area contributed by atoms with Gasteiger partial charge in [0.05, 0.1) is 12.6 Å². The van der Waals surface area contributed by atoms with Crippen LogP contribution in [0.25, 0.3) is 11.3 Å². The van der Waals surface area contributed by atoms with Crippen LogP contribution in [0, 0.1) is 13.8 Å². The summed E-state index contributed by atoms with van der Waals surface area (Å²) < 4.78 is 5.58. The van der Waals surface area contributed by atoms with Crippen molar-refractivity contribution in [3.63, 3.8) is 0 Å². The van der Waals surface area contributed by atoms with Crippen LogP contribution in [0.3, 0.4) is 0 Å². The first kappa shape index (κ1) is 12.4. The van der Waals surface area contributed by atoms with Crippen LogP contribution in [0.2, 0.25) is 0 Å². The molecule has 18 heavy (non-hydrogen) atoms. The SMILES string of the molecule is Cc1ccc(C)c(-c2cnc(CCC(=O)O)o2)c1. The van der Waals surface area contributed by atoms with Crippen molar-refractivity contribution in [3.05, 3.63) is 41.4 Å². The lowest BCUT2D eigenvalue weighted by molar-refractivity contribution is -0.137. The van der Waals surface area contributed by atoms with E-state index in [4.69, 9.17) is 9.52 Å². The molecule has 0 bridgehead atoms. The van der Waals surface area contributed by atoms with Gasteiger partial charge in [0.1, 0.15) is 0 Å². The van der Waals surface area contributed by atoms with Crippen LogP contribution < -0.4 is 0 Å². The van der Waals surface area contributed by atoms with Crippen LogP contribution in [0.1, 0.15) is 23.4 Å². The Hall–Kier alpha value is -2.10. The van der Waals surface area contributed by atoms with E-state index in [1.807, 2.05) is 32.0 Å². The minimum atomic E-state index is -0.846. The van der Waals surface area contributed by atoms with Crippen molar-refractivity contribution in [2.24, 2.45) is 0 Å². The van der Waals surface area contributed by atoms with Gasteiger partial charge in [-0.05, 0) is 25.5 Å². The van der Waals surface area contributed by atoms with Gasteiger partial charge in [-0.2, -0.15) is 0 Å². The average Bonchev–Trinajstić information content (AvgIpc) is 2.78. The number of aromatic nitrogens is 1. The van der Waals surface area contributed by atoms with E-state index < -0.39 is 5.97 Å². The lowest BCUT2D eigenvalue weighted by Gasteiger charge is -2.03.